The van der Waals surface area contributed by atoms with Crippen LogP contribution in [0.4, 0.5) is 4.39 Å². The lowest BCUT2D eigenvalue weighted by molar-refractivity contribution is -0.139. The van der Waals surface area contributed by atoms with Crippen LogP contribution in [0.3, 0.4) is 0 Å². The molecule has 0 saturated carbocycles. The van der Waals surface area contributed by atoms with Crippen LogP contribution in [0.1, 0.15) is 20.3 Å². The Morgan fingerprint density at radius 3 is 2.88 bits per heavy atom. The third-order valence-corrected chi connectivity index (χ3v) is 3.24. The number of nitrogens with one attached hydrogen (secondary N) is 1. The number of halogens is 1. The van der Waals surface area contributed by atoms with Gasteiger partial charge in [-0.05, 0) is 11.5 Å². The molecule has 1 aliphatic rings. The van der Waals surface area contributed by atoms with E-state index in [0.717, 1.165) is 6.42 Å². The Kier molecular flexibility index (Phi) is 4.44. The first-order valence-corrected chi connectivity index (χ1v) is 5.56. The SMILES string of the molecule is CCC(C)C(N)/C(F)=C1\CNCC1C(=O)O. The number of carboxylic acid groups (broad SMARTS) is 1. The van der Waals surface area contributed by atoms with Crippen molar-refractivity contribution in [1.29, 1.82) is 0 Å². The highest BCUT2D eigenvalue weighted by molar-refractivity contribution is 5.75. The highest BCUT2D eigenvalue weighted by Gasteiger charge is 2.32. The maximum atomic E-state index is 14.0. The highest BCUT2D eigenvalue weighted by Crippen LogP contribution is 2.25. The van der Waals surface area contributed by atoms with Crippen molar-refractivity contribution in [1.82, 2.24) is 5.32 Å². The number of hydrogen-bond donors (Lipinski definition) is 3. The standard InChI is InChI=1S/C11H19FN2O2/c1-3-6(2)10(13)9(12)7-4-14-5-8(7)11(15)16/h6,8,10,14H,3-5,13H2,1-2H3,(H,15,16)/b9-7-. The van der Waals surface area contributed by atoms with Crippen molar-refractivity contribution in [3.8, 4) is 0 Å². The minimum absolute atomic E-state index is 0.0162. The molecular weight excluding hydrogens is 211 g/mol. The van der Waals surface area contributed by atoms with E-state index in [0.29, 0.717) is 5.57 Å². The molecule has 0 amide bonds. The van der Waals surface area contributed by atoms with Gasteiger partial charge in [0.2, 0.25) is 0 Å². The van der Waals surface area contributed by atoms with E-state index in [2.05, 4.69) is 5.32 Å². The molecule has 0 bridgehead atoms. The van der Waals surface area contributed by atoms with E-state index in [-0.39, 0.29) is 19.0 Å². The summed E-state index contributed by atoms with van der Waals surface area (Å²) in [6.07, 6.45) is 0.771. The van der Waals surface area contributed by atoms with Crippen molar-refractivity contribution >= 4 is 5.97 Å². The lowest BCUT2D eigenvalue weighted by atomic mass is 9.93. The summed E-state index contributed by atoms with van der Waals surface area (Å²) in [6.45, 7) is 4.37. The van der Waals surface area contributed by atoms with Crippen LogP contribution in [0.2, 0.25) is 0 Å². The van der Waals surface area contributed by atoms with E-state index >= 15 is 0 Å². The lowest BCUT2D eigenvalue weighted by Crippen LogP contribution is -2.31. The van der Waals surface area contributed by atoms with Gasteiger partial charge in [0.15, 0.2) is 0 Å². The van der Waals surface area contributed by atoms with Gasteiger partial charge in [-0.15, -0.1) is 0 Å². The van der Waals surface area contributed by atoms with Crippen molar-refractivity contribution in [2.75, 3.05) is 13.1 Å². The van der Waals surface area contributed by atoms with Gasteiger partial charge in [-0.2, -0.15) is 0 Å². The lowest BCUT2D eigenvalue weighted by Gasteiger charge is -2.19. The maximum absolute atomic E-state index is 14.0. The quantitative estimate of drug-likeness (QED) is 0.670. The Labute approximate surface area is 94.7 Å². The number of hydrogen-bond acceptors (Lipinski definition) is 3. The summed E-state index contributed by atoms with van der Waals surface area (Å²) < 4.78 is 14.0. The first-order valence-electron chi connectivity index (χ1n) is 5.56. The van der Waals surface area contributed by atoms with Gasteiger partial charge in [0.05, 0.1) is 12.0 Å². The van der Waals surface area contributed by atoms with Gasteiger partial charge in [0, 0.05) is 13.1 Å². The minimum atomic E-state index is -0.994. The molecule has 1 fully saturated rings. The summed E-state index contributed by atoms with van der Waals surface area (Å²) in [4.78, 5) is 10.9. The second-order valence-corrected chi connectivity index (χ2v) is 4.31. The largest absolute Gasteiger partial charge is 0.481 e. The van der Waals surface area contributed by atoms with Crippen LogP contribution in [0.5, 0.6) is 0 Å². The maximum Gasteiger partial charge on any atom is 0.312 e. The molecular formula is C11H19FN2O2. The van der Waals surface area contributed by atoms with Gasteiger partial charge in [0.25, 0.3) is 0 Å². The molecule has 0 spiro atoms. The molecule has 0 aliphatic carbocycles. The molecule has 0 aromatic heterocycles. The van der Waals surface area contributed by atoms with Crippen LogP contribution < -0.4 is 11.1 Å². The van der Waals surface area contributed by atoms with Crippen LogP contribution in [-0.4, -0.2) is 30.2 Å². The van der Waals surface area contributed by atoms with E-state index in [9.17, 15) is 9.18 Å². The number of rotatable bonds is 4. The molecule has 0 aromatic carbocycles. The van der Waals surface area contributed by atoms with Gasteiger partial charge in [-0.25, -0.2) is 4.39 Å². The van der Waals surface area contributed by atoms with Crippen molar-refractivity contribution in [3.63, 3.8) is 0 Å². The van der Waals surface area contributed by atoms with E-state index in [1.54, 1.807) is 0 Å². The predicted molar refractivity (Wildman–Crippen MR) is 59.6 cm³/mol. The molecule has 4 nitrogen and oxygen atoms in total. The van der Waals surface area contributed by atoms with E-state index in [1.165, 1.54) is 0 Å². The van der Waals surface area contributed by atoms with Crippen molar-refractivity contribution < 1.29 is 14.3 Å². The highest BCUT2D eigenvalue weighted by atomic mass is 19.1. The van der Waals surface area contributed by atoms with Gasteiger partial charge in [-0.3, -0.25) is 4.79 Å². The summed E-state index contributed by atoms with van der Waals surface area (Å²) in [5.74, 6) is -2.20. The Balaban J connectivity index is 2.90. The fraction of sp³-hybridized carbons (Fsp3) is 0.727. The number of aliphatic carboxylic acids is 1. The smallest absolute Gasteiger partial charge is 0.312 e. The zero-order valence-corrected chi connectivity index (χ0v) is 9.66. The van der Waals surface area contributed by atoms with E-state index in [1.807, 2.05) is 13.8 Å². The molecule has 1 rings (SSSR count). The molecule has 3 atom stereocenters. The molecule has 1 aliphatic heterocycles. The number of nitrogens with two attached hydrogens (primary N) is 1. The van der Waals surface area contributed by atoms with Gasteiger partial charge < -0.3 is 16.2 Å². The van der Waals surface area contributed by atoms with E-state index < -0.39 is 23.8 Å². The molecule has 5 heteroatoms. The predicted octanol–water partition coefficient (Wildman–Crippen LogP) is 0.887. The summed E-state index contributed by atoms with van der Waals surface area (Å²) in [7, 11) is 0. The van der Waals surface area contributed by atoms with Crippen LogP contribution in [0.25, 0.3) is 0 Å². The molecule has 92 valence electrons. The third-order valence-electron chi connectivity index (χ3n) is 3.24. The Hall–Kier alpha value is -0.940. The zero-order chi connectivity index (χ0) is 12.3. The van der Waals surface area contributed by atoms with Crippen LogP contribution in [0.15, 0.2) is 11.4 Å². The number of carboxylic acids is 1. The molecule has 1 saturated heterocycles. The second kappa shape index (κ2) is 5.41. The van der Waals surface area contributed by atoms with Crippen LogP contribution in [0, 0.1) is 11.8 Å². The fourth-order valence-electron chi connectivity index (χ4n) is 1.80. The van der Waals surface area contributed by atoms with Crippen molar-refractivity contribution in [3.05, 3.63) is 11.4 Å². The average Bonchev–Trinajstić information content (AvgIpc) is 2.74. The minimum Gasteiger partial charge on any atom is -0.481 e. The van der Waals surface area contributed by atoms with Crippen molar-refractivity contribution in [2.24, 2.45) is 17.6 Å². The summed E-state index contributed by atoms with van der Waals surface area (Å²) >= 11 is 0. The van der Waals surface area contributed by atoms with Gasteiger partial charge in [0.1, 0.15) is 5.83 Å². The van der Waals surface area contributed by atoms with Gasteiger partial charge >= 0.3 is 5.97 Å². The number of carbonyl (C=O) groups is 1. The Morgan fingerprint density at radius 2 is 2.38 bits per heavy atom. The molecule has 3 unspecified atom stereocenters. The summed E-state index contributed by atoms with van der Waals surface area (Å²) in [5.41, 5.74) is 6.07. The first-order chi connectivity index (χ1) is 7.49. The normalized spacial score (nSPS) is 27.6. The fourth-order valence-corrected chi connectivity index (χ4v) is 1.80. The molecule has 4 N–H and O–H groups in total. The molecule has 16 heavy (non-hydrogen) atoms. The van der Waals surface area contributed by atoms with Gasteiger partial charge in [-0.1, -0.05) is 20.3 Å². The Bertz CT molecular complexity index is 304. The van der Waals surface area contributed by atoms with E-state index in [4.69, 9.17) is 10.8 Å². The topological polar surface area (TPSA) is 75.3 Å². The summed E-state index contributed by atoms with van der Waals surface area (Å²) in [5, 5.41) is 11.8. The first kappa shape index (κ1) is 13.1. The van der Waals surface area contributed by atoms with Crippen LogP contribution in [-0.2, 0) is 4.79 Å². The van der Waals surface area contributed by atoms with Crippen LogP contribution >= 0.6 is 0 Å². The summed E-state index contributed by atoms with van der Waals surface area (Å²) in [6, 6.07) is -0.693. The second-order valence-electron chi connectivity index (χ2n) is 4.31. The van der Waals surface area contributed by atoms with Crippen molar-refractivity contribution in [2.45, 2.75) is 26.3 Å². The molecule has 0 aromatic rings. The Morgan fingerprint density at radius 1 is 1.75 bits per heavy atom. The molecule has 0 radical (unpaired) electrons. The molecule has 1 heterocycles. The zero-order valence-electron chi connectivity index (χ0n) is 9.66. The average molecular weight is 230 g/mol. The monoisotopic (exact) mass is 230 g/mol. The third kappa shape index (κ3) is 2.59.